The third-order valence-corrected chi connectivity index (χ3v) is 5.68. The van der Waals surface area contributed by atoms with E-state index in [1.54, 1.807) is 6.92 Å². The normalized spacial score (nSPS) is 39.6. The summed E-state index contributed by atoms with van der Waals surface area (Å²) in [5.41, 5.74) is 1.88. The summed E-state index contributed by atoms with van der Waals surface area (Å²) >= 11 is 0. The standard InChI is InChI=1S/C17H21NO/c1-12(19)18-15-7-13-8-16(18)11-17(9-13,10-15)14-5-3-2-4-6-14/h2-6,13,15-16H,7-11H2,1H3. The molecule has 2 aliphatic heterocycles. The molecule has 0 aromatic heterocycles. The van der Waals surface area contributed by atoms with Gasteiger partial charge >= 0.3 is 0 Å². The lowest BCUT2D eigenvalue weighted by Gasteiger charge is -2.61. The number of nitrogens with zero attached hydrogens (tertiary/aromatic N) is 1. The van der Waals surface area contributed by atoms with Crippen LogP contribution in [-0.4, -0.2) is 22.9 Å². The lowest BCUT2D eigenvalue weighted by molar-refractivity contribution is -0.148. The van der Waals surface area contributed by atoms with Crippen molar-refractivity contribution < 1.29 is 4.79 Å². The Morgan fingerprint density at radius 2 is 1.74 bits per heavy atom. The number of benzene rings is 1. The van der Waals surface area contributed by atoms with E-state index in [4.69, 9.17) is 0 Å². The Labute approximate surface area is 114 Å². The van der Waals surface area contributed by atoms with Crippen molar-refractivity contribution in [2.45, 2.75) is 56.5 Å². The number of carbonyl (C=O) groups is 1. The minimum atomic E-state index is 0.289. The lowest BCUT2D eigenvalue weighted by Crippen LogP contribution is -2.64. The van der Waals surface area contributed by atoms with E-state index in [1.807, 2.05) is 0 Å². The van der Waals surface area contributed by atoms with Crippen LogP contribution in [0.1, 0.15) is 44.6 Å². The fourth-order valence-corrected chi connectivity index (χ4v) is 5.29. The number of piperidine rings is 2. The maximum Gasteiger partial charge on any atom is 0.219 e. The molecule has 2 heteroatoms. The maximum atomic E-state index is 11.9. The van der Waals surface area contributed by atoms with Crippen molar-refractivity contribution in [2.75, 3.05) is 0 Å². The summed E-state index contributed by atoms with van der Waals surface area (Å²) in [6.45, 7) is 1.75. The van der Waals surface area contributed by atoms with Crippen LogP contribution in [0.2, 0.25) is 0 Å². The van der Waals surface area contributed by atoms with Crippen LogP contribution in [0.5, 0.6) is 0 Å². The highest BCUT2D eigenvalue weighted by Gasteiger charge is 2.55. The molecule has 2 saturated heterocycles. The first-order valence-electron chi connectivity index (χ1n) is 7.52. The van der Waals surface area contributed by atoms with Gasteiger partial charge < -0.3 is 4.90 Å². The highest BCUT2D eigenvalue weighted by atomic mass is 16.2. The molecule has 2 aliphatic carbocycles. The number of hydrogen-bond donors (Lipinski definition) is 0. The number of rotatable bonds is 1. The van der Waals surface area contributed by atoms with Crippen molar-refractivity contribution in [1.29, 1.82) is 0 Å². The topological polar surface area (TPSA) is 20.3 Å². The fourth-order valence-electron chi connectivity index (χ4n) is 5.29. The molecule has 19 heavy (non-hydrogen) atoms. The summed E-state index contributed by atoms with van der Waals surface area (Å²) in [7, 11) is 0. The average molecular weight is 255 g/mol. The molecule has 4 bridgehead atoms. The van der Waals surface area contributed by atoms with E-state index in [0.29, 0.717) is 17.5 Å². The van der Waals surface area contributed by atoms with E-state index < -0.39 is 0 Å². The zero-order valence-corrected chi connectivity index (χ0v) is 11.5. The Morgan fingerprint density at radius 3 is 2.32 bits per heavy atom. The molecule has 0 radical (unpaired) electrons. The van der Waals surface area contributed by atoms with Crippen molar-refractivity contribution in [3.63, 3.8) is 0 Å². The zero-order valence-electron chi connectivity index (χ0n) is 11.5. The number of carbonyl (C=O) groups excluding carboxylic acids is 1. The van der Waals surface area contributed by atoms with Crippen LogP contribution in [0.4, 0.5) is 0 Å². The summed E-state index contributed by atoms with van der Waals surface area (Å²) < 4.78 is 0. The minimum absolute atomic E-state index is 0.289. The van der Waals surface area contributed by atoms with Crippen molar-refractivity contribution in [2.24, 2.45) is 5.92 Å². The Morgan fingerprint density at radius 1 is 1.11 bits per heavy atom. The third kappa shape index (κ3) is 1.58. The molecule has 2 saturated carbocycles. The Kier molecular flexibility index (Phi) is 2.33. The van der Waals surface area contributed by atoms with Crippen molar-refractivity contribution in [3.8, 4) is 0 Å². The van der Waals surface area contributed by atoms with E-state index in [1.165, 1.54) is 37.7 Å². The monoisotopic (exact) mass is 255 g/mol. The van der Waals surface area contributed by atoms with Crippen LogP contribution < -0.4 is 0 Å². The van der Waals surface area contributed by atoms with Gasteiger partial charge in [0.1, 0.15) is 0 Å². The Hall–Kier alpha value is -1.31. The molecule has 0 N–H and O–H groups in total. The molecule has 4 aliphatic rings. The quantitative estimate of drug-likeness (QED) is 0.755. The molecule has 2 heterocycles. The summed E-state index contributed by atoms with van der Waals surface area (Å²) in [6.07, 6.45) is 6.19. The summed E-state index contributed by atoms with van der Waals surface area (Å²) in [5.74, 6) is 1.13. The van der Waals surface area contributed by atoms with E-state index in [9.17, 15) is 4.79 Å². The molecule has 2 atom stereocenters. The summed E-state index contributed by atoms with van der Waals surface area (Å²) in [5, 5.41) is 0. The van der Waals surface area contributed by atoms with Gasteiger partial charge in [-0.15, -0.1) is 0 Å². The second kappa shape index (κ2) is 3.84. The number of hydrogen-bond acceptors (Lipinski definition) is 1. The van der Waals surface area contributed by atoms with Gasteiger partial charge in [-0.1, -0.05) is 30.3 Å². The van der Waals surface area contributed by atoms with Crippen LogP contribution in [0.3, 0.4) is 0 Å². The Bertz CT molecular complexity index is 493. The molecule has 100 valence electrons. The predicted molar refractivity (Wildman–Crippen MR) is 74.8 cm³/mol. The van der Waals surface area contributed by atoms with E-state index in [0.717, 1.165) is 5.92 Å². The van der Waals surface area contributed by atoms with Crippen LogP contribution in [0.15, 0.2) is 30.3 Å². The zero-order chi connectivity index (χ0) is 13.0. The molecule has 5 rings (SSSR count). The van der Waals surface area contributed by atoms with Crippen LogP contribution in [0, 0.1) is 5.92 Å². The largest absolute Gasteiger partial charge is 0.337 e. The third-order valence-electron chi connectivity index (χ3n) is 5.68. The molecular weight excluding hydrogens is 234 g/mol. The molecule has 2 unspecified atom stereocenters. The van der Waals surface area contributed by atoms with Gasteiger partial charge in [0.15, 0.2) is 0 Å². The molecule has 1 aromatic rings. The molecule has 1 amide bonds. The molecule has 4 fully saturated rings. The van der Waals surface area contributed by atoms with Crippen LogP contribution in [-0.2, 0) is 10.2 Å². The van der Waals surface area contributed by atoms with E-state index >= 15 is 0 Å². The fraction of sp³-hybridized carbons (Fsp3) is 0.588. The molecule has 1 aromatic carbocycles. The van der Waals surface area contributed by atoms with Gasteiger partial charge in [-0.2, -0.15) is 0 Å². The SMILES string of the molecule is CC(=O)N1C2CC3CC1CC(c1ccccc1)(C3)C2. The molecule has 2 nitrogen and oxygen atoms in total. The summed E-state index contributed by atoms with van der Waals surface area (Å²) in [4.78, 5) is 14.1. The van der Waals surface area contributed by atoms with Gasteiger partial charge in [-0.3, -0.25) is 4.79 Å². The van der Waals surface area contributed by atoms with Gasteiger partial charge in [0.05, 0.1) is 0 Å². The highest BCUT2D eigenvalue weighted by molar-refractivity contribution is 5.74. The van der Waals surface area contributed by atoms with Crippen molar-refractivity contribution >= 4 is 5.91 Å². The highest BCUT2D eigenvalue weighted by Crippen LogP contribution is 2.56. The van der Waals surface area contributed by atoms with Crippen LogP contribution >= 0.6 is 0 Å². The first kappa shape index (κ1) is 11.5. The van der Waals surface area contributed by atoms with Crippen molar-refractivity contribution in [3.05, 3.63) is 35.9 Å². The van der Waals surface area contributed by atoms with Crippen LogP contribution in [0.25, 0.3) is 0 Å². The van der Waals surface area contributed by atoms with Gasteiger partial charge in [0, 0.05) is 19.0 Å². The molecular formula is C17H21NO. The minimum Gasteiger partial charge on any atom is -0.337 e. The number of amides is 1. The smallest absolute Gasteiger partial charge is 0.219 e. The first-order valence-corrected chi connectivity index (χ1v) is 7.52. The van der Waals surface area contributed by atoms with Gasteiger partial charge in [0.2, 0.25) is 5.91 Å². The second-order valence-electron chi connectivity index (χ2n) is 6.83. The van der Waals surface area contributed by atoms with Gasteiger partial charge in [-0.05, 0) is 49.0 Å². The lowest BCUT2D eigenvalue weighted by atomic mass is 9.53. The van der Waals surface area contributed by atoms with E-state index in [-0.39, 0.29) is 5.91 Å². The Balaban J connectivity index is 1.73. The average Bonchev–Trinajstić information content (AvgIpc) is 2.38. The first-order chi connectivity index (χ1) is 9.18. The van der Waals surface area contributed by atoms with Gasteiger partial charge in [-0.25, -0.2) is 0 Å². The van der Waals surface area contributed by atoms with E-state index in [2.05, 4.69) is 35.2 Å². The van der Waals surface area contributed by atoms with Crippen molar-refractivity contribution in [1.82, 2.24) is 4.90 Å². The summed E-state index contributed by atoms with van der Waals surface area (Å²) in [6, 6.07) is 12.0. The molecule has 0 spiro atoms. The maximum absolute atomic E-state index is 11.9. The van der Waals surface area contributed by atoms with Gasteiger partial charge in [0.25, 0.3) is 0 Å². The predicted octanol–water partition coefficient (Wildman–Crippen LogP) is 3.12. The second-order valence-corrected chi connectivity index (χ2v) is 6.83.